The van der Waals surface area contributed by atoms with Crippen molar-refractivity contribution in [2.24, 2.45) is 0 Å². The van der Waals surface area contributed by atoms with E-state index in [9.17, 15) is 0 Å². The van der Waals surface area contributed by atoms with Crippen LogP contribution in [0.5, 0.6) is 0 Å². The van der Waals surface area contributed by atoms with Gasteiger partial charge in [-0.3, -0.25) is 5.10 Å². The first-order valence-corrected chi connectivity index (χ1v) is 7.24. The molecule has 1 N–H and O–H groups in total. The number of nitrogens with one attached hydrogen (secondary N) is 1. The van der Waals surface area contributed by atoms with Crippen molar-refractivity contribution >= 4 is 11.6 Å². The molecule has 0 saturated carbocycles. The predicted molar refractivity (Wildman–Crippen MR) is 85.0 cm³/mol. The molecular formula is C17H15ClN3. The van der Waals surface area contributed by atoms with E-state index in [-0.39, 0.29) is 0 Å². The van der Waals surface area contributed by atoms with Crippen LogP contribution in [0.25, 0.3) is 11.4 Å². The van der Waals surface area contributed by atoms with E-state index >= 15 is 0 Å². The number of H-pyrrole nitrogens is 1. The van der Waals surface area contributed by atoms with Crippen molar-refractivity contribution in [1.82, 2.24) is 15.2 Å². The molecular weight excluding hydrogens is 282 g/mol. The first-order chi connectivity index (χ1) is 10.3. The van der Waals surface area contributed by atoms with Crippen molar-refractivity contribution in [3.63, 3.8) is 0 Å². The first kappa shape index (κ1) is 13.8. The molecule has 105 valence electrons. The Labute approximate surface area is 129 Å². The van der Waals surface area contributed by atoms with E-state index in [1.807, 2.05) is 30.3 Å². The molecule has 0 aliphatic heterocycles. The average molecular weight is 297 g/mol. The summed E-state index contributed by atoms with van der Waals surface area (Å²) in [5.74, 6) is 1.49. The molecule has 21 heavy (non-hydrogen) atoms. The van der Waals surface area contributed by atoms with Crippen LogP contribution in [-0.4, -0.2) is 15.2 Å². The molecule has 3 aromatic rings. The van der Waals surface area contributed by atoms with Gasteiger partial charge >= 0.3 is 0 Å². The third-order valence-corrected chi connectivity index (χ3v) is 3.47. The second kappa shape index (κ2) is 6.55. The van der Waals surface area contributed by atoms with Crippen molar-refractivity contribution in [3.05, 3.63) is 77.4 Å². The molecule has 3 rings (SSSR count). The van der Waals surface area contributed by atoms with Crippen molar-refractivity contribution in [2.45, 2.75) is 12.8 Å². The van der Waals surface area contributed by atoms with Crippen LogP contribution >= 0.6 is 11.6 Å². The highest BCUT2D eigenvalue weighted by Gasteiger charge is 2.06. The minimum Gasteiger partial charge on any atom is -0.262 e. The van der Waals surface area contributed by atoms with Crippen molar-refractivity contribution in [1.29, 1.82) is 0 Å². The molecule has 0 saturated heterocycles. The van der Waals surface area contributed by atoms with Gasteiger partial charge in [-0.1, -0.05) is 41.9 Å². The average Bonchev–Trinajstić information content (AvgIpc) is 2.98. The lowest BCUT2D eigenvalue weighted by atomic mass is 10.1. The Hall–Kier alpha value is -2.13. The summed E-state index contributed by atoms with van der Waals surface area (Å²) in [5.41, 5.74) is 2.28. The molecule has 0 unspecified atom stereocenters. The Morgan fingerprint density at radius 1 is 1.00 bits per heavy atom. The molecule has 0 bridgehead atoms. The van der Waals surface area contributed by atoms with Crippen LogP contribution in [0.4, 0.5) is 0 Å². The third kappa shape index (κ3) is 3.70. The molecule has 0 aliphatic carbocycles. The monoisotopic (exact) mass is 296 g/mol. The third-order valence-electron chi connectivity index (χ3n) is 3.22. The normalized spacial score (nSPS) is 10.7. The molecule has 3 nitrogen and oxygen atoms in total. The summed E-state index contributed by atoms with van der Waals surface area (Å²) < 4.78 is 0. The van der Waals surface area contributed by atoms with E-state index in [1.165, 1.54) is 5.56 Å². The molecule has 0 fully saturated rings. The summed E-state index contributed by atoms with van der Waals surface area (Å²) in [7, 11) is 0. The van der Waals surface area contributed by atoms with E-state index in [2.05, 4.69) is 45.9 Å². The summed E-state index contributed by atoms with van der Waals surface area (Å²) in [6, 6.07) is 17.9. The molecule has 1 heterocycles. The lowest BCUT2D eigenvalue weighted by Gasteiger charge is -1.98. The van der Waals surface area contributed by atoms with Gasteiger partial charge in [0.1, 0.15) is 5.82 Å². The highest BCUT2D eigenvalue weighted by Crippen LogP contribution is 2.18. The van der Waals surface area contributed by atoms with Crippen molar-refractivity contribution in [2.75, 3.05) is 0 Å². The lowest BCUT2D eigenvalue weighted by Crippen LogP contribution is -1.89. The quantitative estimate of drug-likeness (QED) is 0.762. The van der Waals surface area contributed by atoms with Gasteiger partial charge in [0.25, 0.3) is 0 Å². The molecule has 2 aromatic carbocycles. The Bertz CT molecular complexity index is 690. The molecule has 0 amide bonds. The second-order valence-electron chi connectivity index (χ2n) is 4.78. The molecule has 4 heteroatoms. The van der Waals surface area contributed by atoms with Crippen LogP contribution in [0.2, 0.25) is 5.02 Å². The van der Waals surface area contributed by atoms with Crippen LogP contribution < -0.4 is 0 Å². The van der Waals surface area contributed by atoms with E-state index in [1.54, 1.807) is 0 Å². The van der Waals surface area contributed by atoms with E-state index in [0.717, 1.165) is 24.2 Å². The van der Waals surface area contributed by atoms with Crippen LogP contribution in [0.1, 0.15) is 17.8 Å². The van der Waals surface area contributed by atoms with Gasteiger partial charge in [-0.25, -0.2) is 4.98 Å². The topological polar surface area (TPSA) is 41.6 Å². The zero-order valence-corrected chi connectivity index (χ0v) is 12.2. The molecule has 1 radical (unpaired) electrons. The second-order valence-corrected chi connectivity index (χ2v) is 5.22. The van der Waals surface area contributed by atoms with Crippen LogP contribution in [0, 0.1) is 6.42 Å². The number of rotatable bonds is 5. The maximum Gasteiger partial charge on any atom is 0.181 e. The van der Waals surface area contributed by atoms with Gasteiger partial charge in [-0.2, -0.15) is 5.10 Å². The fraction of sp³-hybridized carbons (Fsp3) is 0.118. The highest BCUT2D eigenvalue weighted by molar-refractivity contribution is 6.30. The zero-order valence-electron chi connectivity index (χ0n) is 11.5. The van der Waals surface area contributed by atoms with Crippen LogP contribution in [0.3, 0.4) is 0 Å². The summed E-state index contributed by atoms with van der Waals surface area (Å²) in [5, 5.41) is 7.90. The minimum atomic E-state index is 0.692. The van der Waals surface area contributed by atoms with E-state index in [4.69, 9.17) is 11.6 Å². The number of aryl methyl sites for hydroxylation is 1. The summed E-state index contributed by atoms with van der Waals surface area (Å²) in [6.45, 7) is 0. The highest BCUT2D eigenvalue weighted by atomic mass is 35.5. The minimum absolute atomic E-state index is 0.692. The van der Waals surface area contributed by atoms with Crippen LogP contribution in [-0.2, 0) is 6.42 Å². The molecule has 0 aliphatic rings. The number of hydrogen-bond donors (Lipinski definition) is 1. The number of benzene rings is 2. The molecule has 0 atom stereocenters. The van der Waals surface area contributed by atoms with Crippen molar-refractivity contribution < 1.29 is 0 Å². The maximum absolute atomic E-state index is 5.88. The number of nitrogens with zero attached hydrogens (tertiary/aromatic N) is 2. The maximum atomic E-state index is 5.88. The number of aromatic amines is 1. The number of aromatic nitrogens is 3. The Morgan fingerprint density at radius 3 is 2.52 bits per heavy atom. The zero-order chi connectivity index (χ0) is 14.5. The Kier molecular flexibility index (Phi) is 4.31. The van der Waals surface area contributed by atoms with Gasteiger partial charge in [0.05, 0.1) is 0 Å². The van der Waals surface area contributed by atoms with Gasteiger partial charge in [0, 0.05) is 17.0 Å². The Morgan fingerprint density at radius 2 is 1.76 bits per heavy atom. The summed E-state index contributed by atoms with van der Waals surface area (Å²) in [6.07, 6.45) is 4.00. The van der Waals surface area contributed by atoms with Gasteiger partial charge in [-0.05, 0) is 42.7 Å². The number of hydrogen-bond acceptors (Lipinski definition) is 2. The Balaban J connectivity index is 1.59. The van der Waals surface area contributed by atoms with Gasteiger partial charge in [-0.15, -0.1) is 0 Å². The van der Waals surface area contributed by atoms with Gasteiger partial charge < -0.3 is 0 Å². The smallest absolute Gasteiger partial charge is 0.181 e. The van der Waals surface area contributed by atoms with E-state index in [0.29, 0.717) is 10.8 Å². The standard InChI is InChI=1S/C17H15ClN3/c18-15-11-9-14(10-12-15)17-19-16(20-21-17)8-4-7-13-5-2-1-3-6-13/h1-3,5-6,8-12H,4,7H2,(H,19,20,21). The molecule has 1 aromatic heterocycles. The van der Waals surface area contributed by atoms with Gasteiger partial charge in [0.2, 0.25) is 0 Å². The summed E-state index contributed by atoms with van der Waals surface area (Å²) in [4.78, 5) is 4.48. The van der Waals surface area contributed by atoms with Crippen molar-refractivity contribution in [3.8, 4) is 11.4 Å². The number of halogens is 1. The summed E-state index contributed by atoms with van der Waals surface area (Å²) >= 11 is 5.88. The van der Waals surface area contributed by atoms with Gasteiger partial charge in [0.15, 0.2) is 5.82 Å². The SMILES string of the molecule is Clc1ccc(-c2n[nH]c([CH]CCc3ccccc3)n2)cc1. The van der Waals surface area contributed by atoms with E-state index < -0.39 is 0 Å². The first-order valence-electron chi connectivity index (χ1n) is 6.87. The predicted octanol–water partition coefficient (Wildman–Crippen LogP) is 4.31. The fourth-order valence-electron chi connectivity index (χ4n) is 2.11. The molecule has 0 spiro atoms. The lowest BCUT2D eigenvalue weighted by molar-refractivity contribution is 0.910. The van der Waals surface area contributed by atoms with Crippen LogP contribution in [0.15, 0.2) is 54.6 Å². The largest absolute Gasteiger partial charge is 0.262 e. The fourth-order valence-corrected chi connectivity index (χ4v) is 2.24.